The molecular formula is C16H10F2N2O. The van der Waals surface area contributed by atoms with Gasteiger partial charge in [0.1, 0.15) is 17.4 Å². The molecule has 21 heavy (non-hydrogen) atoms. The number of hydrogen-bond acceptors (Lipinski definition) is 3. The van der Waals surface area contributed by atoms with Gasteiger partial charge in [0, 0.05) is 18.0 Å². The minimum absolute atomic E-state index is 0.160. The second-order valence-corrected chi connectivity index (χ2v) is 4.32. The number of halogens is 2. The van der Waals surface area contributed by atoms with Crippen molar-refractivity contribution in [3.63, 3.8) is 0 Å². The third-order valence-electron chi connectivity index (χ3n) is 2.83. The molecule has 5 heteroatoms. The average molecular weight is 284 g/mol. The topological polar surface area (TPSA) is 35.0 Å². The molecule has 0 spiro atoms. The maximum Gasteiger partial charge on any atom is 0.321 e. The second kappa shape index (κ2) is 5.66. The van der Waals surface area contributed by atoms with Gasteiger partial charge < -0.3 is 4.74 Å². The van der Waals surface area contributed by atoms with E-state index in [1.165, 1.54) is 36.4 Å². The number of benzene rings is 2. The molecule has 0 radical (unpaired) electrons. The summed E-state index contributed by atoms with van der Waals surface area (Å²) in [5, 5.41) is 0. The summed E-state index contributed by atoms with van der Waals surface area (Å²) in [6, 6.07) is 11.8. The Balaban J connectivity index is 1.77. The first-order chi connectivity index (χ1) is 10.2. The lowest BCUT2D eigenvalue weighted by molar-refractivity contribution is 0.440. The number of nitrogens with zero attached hydrogens (tertiary/aromatic N) is 2. The summed E-state index contributed by atoms with van der Waals surface area (Å²) < 4.78 is 31.0. The number of rotatable bonds is 3. The van der Waals surface area contributed by atoms with Gasteiger partial charge in [0.15, 0.2) is 0 Å². The standard InChI is InChI=1S/C16H10F2N2O/c17-13-3-1-11(2-4-13)12-9-19-16(20-10-12)21-15-7-5-14(18)6-8-15/h1-10H. The molecule has 0 N–H and O–H groups in total. The SMILES string of the molecule is Fc1ccc(Oc2ncc(-c3ccc(F)cc3)cn2)cc1. The molecule has 0 saturated heterocycles. The zero-order chi connectivity index (χ0) is 14.7. The van der Waals surface area contributed by atoms with Crippen LogP contribution >= 0.6 is 0 Å². The third kappa shape index (κ3) is 3.20. The van der Waals surface area contributed by atoms with Gasteiger partial charge in [-0.15, -0.1) is 0 Å². The Morgan fingerprint density at radius 2 is 1.19 bits per heavy atom. The molecule has 3 nitrogen and oxygen atoms in total. The van der Waals surface area contributed by atoms with E-state index in [4.69, 9.17) is 4.74 Å². The van der Waals surface area contributed by atoms with Gasteiger partial charge in [0.2, 0.25) is 0 Å². The molecule has 3 aromatic rings. The number of aromatic nitrogens is 2. The fraction of sp³-hybridized carbons (Fsp3) is 0. The molecule has 0 amide bonds. The summed E-state index contributed by atoms with van der Waals surface area (Å²) in [5.74, 6) is -0.184. The molecule has 0 aliphatic heterocycles. The lowest BCUT2D eigenvalue weighted by Gasteiger charge is -2.05. The van der Waals surface area contributed by atoms with Crippen LogP contribution in [0.25, 0.3) is 11.1 Å². The fourth-order valence-electron chi connectivity index (χ4n) is 1.77. The zero-order valence-corrected chi connectivity index (χ0v) is 10.8. The van der Waals surface area contributed by atoms with Crippen LogP contribution in [0.3, 0.4) is 0 Å². The molecule has 0 saturated carbocycles. The van der Waals surface area contributed by atoms with E-state index in [-0.39, 0.29) is 17.6 Å². The van der Waals surface area contributed by atoms with Gasteiger partial charge in [-0.05, 0) is 42.0 Å². The Morgan fingerprint density at radius 3 is 1.76 bits per heavy atom. The quantitative estimate of drug-likeness (QED) is 0.722. The maximum atomic E-state index is 12.9. The van der Waals surface area contributed by atoms with Crippen molar-refractivity contribution in [3.05, 3.63) is 72.6 Å². The minimum Gasteiger partial charge on any atom is -0.424 e. The van der Waals surface area contributed by atoms with Gasteiger partial charge >= 0.3 is 6.01 Å². The van der Waals surface area contributed by atoms with Gasteiger partial charge in [-0.3, -0.25) is 0 Å². The monoisotopic (exact) mass is 284 g/mol. The number of ether oxygens (including phenoxy) is 1. The van der Waals surface area contributed by atoms with Crippen molar-refractivity contribution in [2.45, 2.75) is 0 Å². The Bertz CT molecular complexity index is 726. The second-order valence-electron chi connectivity index (χ2n) is 4.32. The lowest BCUT2D eigenvalue weighted by atomic mass is 10.1. The van der Waals surface area contributed by atoms with Crippen LogP contribution in [-0.4, -0.2) is 9.97 Å². The van der Waals surface area contributed by atoms with Crippen molar-refractivity contribution in [1.82, 2.24) is 9.97 Å². The van der Waals surface area contributed by atoms with Gasteiger partial charge in [0.25, 0.3) is 0 Å². The predicted octanol–water partition coefficient (Wildman–Crippen LogP) is 4.21. The number of hydrogen-bond donors (Lipinski definition) is 0. The van der Waals surface area contributed by atoms with E-state index in [0.29, 0.717) is 5.75 Å². The van der Waals surface area contributed by atoms with Gasteiger partial charge in [-0.25, -0.2) is 18.7 Å². The van der Waals surface area contributed by atoms with Crippen molar-refractivity contribution in [2.24, 2.45) is 0 Å². The van der Waals surface area contributed by atoms with Crippen LogP contribution in [0.5, 0.6) is 11.8 Å². The van der Waals surface area contributed by atoms with Gasteiger partial charge in [-0.1, -0.05) is 12.1 Å². The highest BCUT2D eigenvalue weighted by Gasteiger charge is 2.03. The normalized spacial score (nSPS) is 10.4. The maximum absolute atomic E-state index is 12.9. The van der Waals surface area contributed by atoms with Crippen LogP contribution in [0, 0.1) is 11.6 Å². The van der Waals surface area contributed by atoms with E-state index in [1.54, 1.807) is 24.5 Å². The molecular weight excluding hydrogens is 274 g/mol. The summed E-state index contributed by atoms with van der Waals surface area (Å²) in [7, 11) is 0. The van der Waals surface area contributed by atoms with Crippen LogP contribution in [-0.2, 0) is 0 Å². The van der Waals surface area contributed by atoms with Crippen LogP contribution in [0.1, 0.15) is 0 Å². The highest BCUT2D eigenvalue weighted by molar-refractivity contribution is 5.61. The van der Waals surface area contributed by atoms with Crippen molar-refractivity contribution < 1.29 is 13.5 Å². The van der Waals surface area contributed by atoms with Crippen LogP contribution in [0.15, 0.2) is 60.9 Å². The predicted molar refractivity (Wildman–Crippen MR) is 73.9 cm³/mol. The molecule has 1 aromatic heterocycles. The summed E-state index contributed by atoms with van der Waals surface area (Å²) >= 11 is 0. The van der Waals surface area contributed by atoms with Gasteiger partial charge in [-0.2, -0.15) is 0 Å². The first-order valence-electron chi connectivity index (χ1n) is 6.22. The molecule has 2 aromatic carbocycles. The van der Waals surface area contributed by atoms with Gasteiger partial charge in [0.05, 0.1) is 0 Å². The minimum atomic E-state index is -0.338. The molecule has 0 aliphatic rings. The van der Waals surface area contributed by atoms with E-state index < -0.39 is 0 Å². The van der Waals surface area contributed by atoms with E-state index >= 15 is 0 Å². The fourth-order valence-corrected chi connectivity index (χ4v) is 1.77. The van der Waals surface area contributed by atoms with E-state index in [1.807, 2.05) is 0 Å². The van der Waals surface area contributed by atoms with Crippen molar-refractivity contribution >= 4 is 0 Å². The largest absolute Gasteiger partial charge is 0.424 e. The summed E-state index contributed by atoms with van der Waals surface area (Å²) in [6.45, 7) is 0. The molecule has 0 aliphatic carbocycles. The van der Waals surface area contributed by atoms with Crippen LogP contribution in [0.2, 0.25) is 0 Å². The smallest absolute Gasteiger partial charge is 0.321 e. The van der Waals surface area contributed by atoms with E-state index in [9.17, 15) is 8.78 Å². The Hall–Kier alpha value is -2.82. The summed E-state index contributed by atoms with van der Waals surface area (Å²) in [4.78, 5) is 8.15. The van der Waals surface area contributed by atoms with Crippen molar-refractivity contribution in [2.75, 3.05) is 0 Å². The molecule has 0 unspecified atom stereocenters. The van der Waals surface area contributed by atoms with Crippen molar-refractivity contribution in [1.29, 1.82) is 0 Å². The molecule has 104 valence electrons. The Kier molecular flexibility index (Phi) is 3.55. The first-order valence-corrected chi connectivity index (χ1v) is 6.22. The highest BCUT2D eigenvalue weighted by Crippen LogP contribution is 2.21. The summed E-state index contributed by atoms with van der Waals surface area (Å²) in [5.41, 5.74) is 1.56. The third-order valence-corrected chi connectivity index (χ3v) is 2.83. The van der Waals surface area contributed by atoms with E-state index in [0.717, 1.165) is 11.1 Å². The summed E-state index contributed by atoms with van der Waals surface area (Å²) in [6.07, 6.45) is 3.16. The first kappa shape index (κ1) is 13.2. The molecule has 0 atom stereocenters. The van der Waals surface area contributed by atoms with Crippen LogP contribution < -0.4 is 4.74 Å². The van der Waals surface area contributed by atoms with Crippen molar-refractivity contribution in [3.8, 4) is 22.9 Å². The Labute approximate surface area is 119 Å². The highest BCUT2D eigenvalue weighted by atomic mass is 19.1. The molecule has 0 bridgehead atoms. The molecule has 3 rings (SSSR count). The van der Waals surface area contributed by atoms with E-state index in [2.05, 4.69) is 9.97 Å². The zero-order valence-electron chi connectivity index (χ0n) is 10.8. The lowest BCUT2D eigenvalue weighted by Crippen LogP contribution is -1.92. The molecule has 1 heterocycles. The Morgan fingerprint density at radius 1 is 0.667 bits per heavy atom. The van der Waals surface area contributed by atoms with Crippen LogP contribution in [0.4, 0.5) is 8.78 Å². The molecule has 0 fully saturated rings. The average Bonchev–Trinajstić information content (AvgIpc) is 2.51.